The van der Waals surface area contributed by atoms with Crippen molar-refractivity contribution in [3.63, 3.8) is 0 Å². The highest BCUT2D eigenvalue weighted by Gasteiger charge is 2.35. The normalized spacial score (nSPS) is 49.7. The third-order valence-electron chi connectivity index (χ3n) is 2.57. The van der Waals surface area contributed by atoms with Crippen molar-refractivity contribution in [2.45, 2.75) is 29.2 Å². The van der Waals surface area contributed by atoms with Crippen molar-refractivity contribution in [1.29, 1.82) is 0 Å². The summed E-state index contributed by atoms with van der Waals surface area (Å²) in [4.78, 5) is 0. The molecule has 1 N–H and O–H groups in total. The Kier molecular flexibility index (Phi) is 1.69. The van der Waals surface area contributed by atoms with Crippen molar-refractivity contribution in [1.82, 2.24) is 5.32 Å². The Morgan fingerprint density at radius 1 is 1.33 bits per heavy atom. The van der Waals surface area contributed by atoms with Crippen molar-refractivity contribution in [2.75, 3.05) is 6.54 Å². The molecule has 1 saturated carbocycles. The molecule has 2 heteroatoms. The molecule has 52 valence electrons. The van der Waals surface area contributed by atoms with Gasteiger partial charge in [-0.2, -0.15) is 0 Å². The van der Waals surface area contributed by atoms with Crippen LogP contribution in [0.3, 0.4) is 0 Å². The Hall–Kier alpha value is 0.690. The summed E-state index contributed by atoms with van der Waals surface area (Å²) in [6, 6.07) is 0.903. The fraction of sp³-hybridized carbons (Fsp3) is 1.00. The molecule has 0 spiro atoms. The molecule has 1 saturated heterocycles. The lowest BCUT2D eigenvalue weighted by molar-refractivity contribution is 0.173. The van der Waals surface area contributed by atoms with E-state index in [2.05, 4.69) is 27.9 Å². The van der Waals surface area contributed by atoms with Crippen LogP contribution in [0.2, 0.25) is 0 Å². The van der Waals surface area contributed by atoms with E-state index in [-0.39, 0.29) is 0 Å². The Labute approximate surface area is 69.7 Å². The molecule has 0 bridgehead atoms. The molecule has 0 aromatic rings. The third-order valence-corrected chi connectivity index (χ3v) is 3.70. The van der Waals surface area contributed by atoms with Crippen LogP contribution in [0.25, 0.3) is 0 Å². The van der Waals surface area contributed by atoms with E-state index in [9.17, 15) is 0 Å². The zero-order valence-corrected chi connectivity index (χ0v) is 7.60. The van der Waals surface area contributed by atoms with Gasteiger partial charge in [0.2, 0.25) is 0 Å². The van der Waals surface area contributed by atoms with Gasteiger partial charge in [0.1, 0.15) is 0 Å². The van der Waals surface area contributed by atoms with Gasteiger partial charge in [-0.25, -0.2) is 0 Å². The van der Waals surface area contributed by atoms with E-state index >= 15 is 0 Å². The van der Waals surface area contributed by atoms with Gasteiger partial charge in [0, 0.05) is 9.97 Å². The molecule has 1 aliphatic carbocycles. The monoisotopic (exact) mass is 237 g/mol. The van der Waals surface area contributed by atoms with E-state index in [0.29, 0.717) is 0 Å². The second kappa shape index (κ2) is 2.38. The topological polar surface area (TPSA) is 12.0 Å². The summed E-state index contributed by atoms with van der Waals surface area (Å²) in [5.74, 6) is 1.05. The van der Waals surface area contributed by atoms with Gasteiger partial charge in [-0.1, -0.05) is 22.6 Å². The smallest absolute Gasteiger partial charge is 0.0125 e. The van der Waals surface area contributed by atoms with Crippen LogP contribution in [0.1, 0.15) is 19.3 Å². The lowest BCUT2D eigenvalue weighted by Gasteiger charge is -2.43. The summed E-state index contributed by atoms with van der Waals surface area (Å²) in [5.41, 5.74) is 0. The van der Waals surface area contributed by atoms with Gasteiger partial charge < -0.3 is 5.32 Å². The highest BCUT2D eigenvalue weighted by atomic mass is 127. The second-order valence-electron chi connectivity index (χ2n) is 3.19. The Morgan fingerprint density at radius 3 is 2.67 bits per heavy atom. The predicted molar refractivity (Wildman–Crippen MR) is 46.9 cm³/mol. The minimum Gasteiger partial charge on any atom is -0.313 e. The SMILES string of the molecule is IC1CCC2CNC2C1. The average Bonchev–Trinajstić information content (AvgIpc) is 1.78. The standard InChI is InChI=1S/C7H12IN/c8-6-2-1-5-4-9-7(5)3-6/h5-7,9H,1-4H2. The van der Waals surface area contributed by atoms with Gasteiger partial charge in [0.15, 0.2) is 0 Å². The molecule has 3 atom stereocenters. The average molecular weight is 237 g/mol. The van der Waals surface area contributed by atoms with E-state index in [1.807, 2.05) is 0 Å². The van der Waals surface area contributed by atoms with Gasteiger partial charge in [0.25, 0.3) is 0 Å². The summed E-state index contributed by atoms with van der Waals surface area (Å²) in [7, 11) is 0. The van der Waals surface area contributed by atoms with Crippen molar-refractivity contribution in [3.8, 4) is 0 Å². The molecule has 2 rings (SSSR count). The van der Waals surface area contributed by atoms with Crippen LogP contribution >= 0.6 is 22.6 Å². The van der Waals surface area contributed by atoms with Crippen molar-refractivity contribution in [2.24, 2.45) is 5.92 Å². The highest BCUT2D eigenvalue weighted by Crippen LogP contribution is 2.33. The van der Waals surface area contributed by atoms with Crippen LogP contribution in [0.15, 0.2) is 0 Å². The van der Waals surface area contributed by atoms with E-state index in [4.69, 9.17) is 0 Å². The van der Waals surface area contributed by atoms with Gasteiger partial charge >= 0.3 is 0 Å². The highest BCUT2D eigenvalue weighted by molar-refractivity contribution is 14.1. The minimum absolute atomic E-state index is 0.903. The molecule has 0 radical (unpaired) electrons. The predicted octanol–water partition coefficient (Wildman–Crippen LogP) is 1.56. The molecule has 1 aliphatic heterocycles. The summed E-state index contributed by atoms with van der Waals surface area (Å²) >= 11 is 2.58. The lowest BCUT2D eigenvalue weighted by atomic mass is 9.79. The summed E-state index contributed by atoms with van der Waals surface area (Å²) in [6.45, 7) is 1.30. The molecular formula is C7H12IN. The van der Waals surface area contributed by atoms with Crippen LogP contribution in [0, 0.1) is 5.92 Å². The number of fused-ring (bicyclic) bond motifs is 1. The molecule has 9 heavy (non-hydrogen) atoms. The van der Waals surface area contributed by atoms with Crippen molar-refractivity contribution in [3.05, 3.63) is 0 Å². The van der Waals surface area contributed by atoms with Gasteiger partial charge in [-0.3, -0.25) is 0 Å². The van der Waals surface area contributed by atoms with Crippen LogP contribution < -0.4 is 5.32 Å². The fourth-order valence-corrected chi connectivity index (χ4v) is 2.73. The summed E-state index contributed by atoms with van der Waals surface area (Å²) in [6.07, 6.45) is 4.36. The molecule has 2 fully saturated rings. The molecule has 1 heterocycles. The Bertz CT molecular complexity index is 115. The lowest BCUT2D eigenvalue weighted by Crippen LogP contribution is -2.55. The number of nitrogens with one attached hydrogen (secondary N) is 1. The van der Waals surface area contributed by atoms with Gasteiger partial charge in [-0.15, -0.1) is 0 Å². The number of halogens is 1. The zero-order chi connectivity index (χ0) is 6.27. The first-order chi connectivity index (χ1) is 4.36. The quantitative estimate of drug-likeness (QED) is 0.498. The van der Waals surface area contributed by atoms with Crippen molar-refractivity contribution >= 4 is 22.6 Å². The first-order valence-electron chi connectivity index (χ1n) is 3.74. The summed E-state index contributed by atoms with van der Waals surface area (Å²) < 4.78 is 0.955. The minimum atomic E-state index is 0.903. The summed E-state index contributed by atoms with van der Waals surface area (Å²) in [5, 5.41) is 3.47. The molecule has 2 aliphatic rings. The molecule has 3 unspecified atom stereocenters. The number of rotatable bonds is 0. The van der Waals surface area contributed by atoms with E-state index in [0.717, 1.165) is 15.9 Å². The van der Waals surface area contributed by atoms with Gasteiger partial charge in [-0.05, 0) is 31.7 Å². The molecule has 0 amide bonds. The number of alkyl halides is 1. The first kappa shape index (κ1) is 6.40. The van der Waals surface area contributed by atoms with E-state index < -0.39 is 0 Å². The Morgan fingerprint density at radius 2 is 2.22 bits per heavy atom. The molecule has 0 aromatic heterocycles. The fourth-order valence-electron chi connectivity index (χ4n) is 1.82. The largest absolute Gasteiger partial charge is 0.313 e. The van der Waals surface area contributed by atoms with Crippen LogP contribution in [0.4, 0.5) is 0 Å². The number of hydrogen-bond acceptors (Lipinski definition) is 1. The molecular weight excluding hydrogens is 225 g/mol. The third kappa shape index (κ3) is 1.11. The number of hydrogen-bond donors (Lipinski definition) is 1. The van der Waals surface area contributed by atoms with Crippen LogP contribution in [-0.2, 0) is 0 Å². The van der Waals surface area contributed by atoms with Crippen LogP contribution in [0.5, 0.6) is 0 Å². The Balaban J connectivity index is 1.92. The molecule has 1 nitrogen and oxygen atoms in total. The van der Waals surface area contributed by atoms with Crippen LogP contribution in [-0.4, -0.2) is 16.5 Å². The first-order valence-corrected chi connectivity index (χ1v) is 4.98. The van der Waals surface area contributed by atoms with Gasteiger partial charge in [0.05, 0.1) is 0 Å². The van der Waals surface area contributed by atoms with Crippen molar-refractivity contribution < 1.29 is 0 Å². The van der Waals surface area contributed by atoms with E-state index in [1.54, 1.807) is 0 Å². The second-order valence-corrected chi connectivity index (χ2v) is 4.95. The maximum atomic E-state index is 3.47. The maximum absolute atomic E-state index is 3.47. The zero-order valence-electron chi connectivity index (χ0n) is 5.44. The molecule has 0 aromatic carbocycles. The van der Waals surface area contributed by atoms with E-state index in [1.165, 1.54) is 25.8 Å². The maximum Gasteiger partial charge on any atom is 0.0125 e.